The van der Waals surface area contributed by atoms with Crippen molar-refractivity contribution in [1.82, 2.24) is 0 Å². The molecule has 18 nitrogen and oxygen atoms in total. The Balaban J connectivity index is 0.864. The van der Waals surface area contributed by atoms with Crippen LogP contribution in [0.5, 0.6) is 0 Å². The van der Waals surface area contributed by atoms with E-state index in [1.54, 1.807) is 41.1 Å². The third kappa shape index (κ3) is 10.3. The summed E-state index contributed by atoms with van der Waals surface area (Å²) >= 11 is 0. The Morgan fingerprint density at radius 1 is 0.667 bits per heavy atom. The van der Waals surface area contributed by atoms with Gasteiger partial charge in [-0.1, -0.05) is 31.6 Å². The number of ether oxygens (including phenoxy) is 13. The first-order valence-electron chi connectivity index (χ1n) is 26.6. The summed E-state index contributed by atoms with van der Waals surface area (Å²) in [6.07, 6.45) is -2.07. The van der Waals surface area contributed by atoms with Crippen molar-refractivity contribution in [3.8, 4) is 0 Å². The molecule has 0 aromatic heterocycles. The number of rotatable bonds is 15. The van der Waals surface area contributed by atoms with Crippen molar-refractivity contribution in [2.24, 2.45) is 28.6 Å². The van der Waals surface area contributed by atoms with Crippen molar-refractivity contribution in [2.45, 2.75) is 249 Å². The van der Waals surface area contributed by atoms with Gasteiger partial charge >= 0.3 is 5.97 Å². The summed E-state index contributed by atoms with van der Waals surface area (Å²) in [6, 6.07) is 0. The Labute approximate surface area is 426 Å². The van der Waals surface area contributed by atoms with Crippen LogP contribution in [0.25, 0.3) is 0 Å². The monoisotopic (exact) mass is 1020 g/mol. The molecule has 0 radical (unpaired) electrons. The van der Waals surface area contributed by atoms with Crippen LogP contribution in [-0.4, -0.2) is 178 Å². The molecule has 4 aliphatic heterocycles. The second-order valence-corrected chi connectivity index (χ2v) is 22.6. The summed E-state index contributed by atoms with van der Waals surface area (Å²) in [4.78, 5) is 26.5. The normalized spacial score (nSPS) is 49.8. The van der Waals surface area contributed by atoms with Crippen LogP contribution in [0.3, 0.4) is 0 Å². The number of hydrogen-bond acceptors (Lipinski definition) is 18. The van der Waals surface area contributed by atoms with Crippen molar-refractivity contribution in [3.63, 3.8) is 0 Å². The lowest BCUT2D eigenvalue weighted by atomic mass is 9.45. The lowest BCUT2D eigenvalue weighted by Crippen LogP contribution is -2.66. The summed E-state index contributed by atoms with van der Waals surface area (Å²) in [5.74, 6) is -0.765. The predicted molar refractivity (Wildman–Crippen MR) is 258 cm³/mol. The molecule has 72 heavy (non-hydrogen) atoms. The lowest BCUT2D eigenvalue weighted by Gasteiger charge is -2.63. The summed E-state index contributed by atoms with van der Waals surface area (Å²) in [7, 11) is 6.29. The Morgan fingerprint density at radius 3 is 1.83 bits per heavy atom. The Morgan fingerprint density at radius 2 is 1.24 bits per heavy atom. The van der Waals surface area contributed by atoms with E-state index in [9.17, 15) is 24.9 Å². The second-order valence-electron chi connectivity index (χ2n) is 22.6. The molecule has 4 saturated heterocycles. The zero-order valence-electron chi connectivity index (χ0n) is 44.9. The van der Waals surface area contributed by atoms with Crippen LogP contribution in [0.15, 0.2) is 23.3 Å². The fourth-order valence-corrected chi connectivity index (χ4v) is 14.5. The van der Waals surface area contributed by atoms with Gasteiger partial charge in [0.25, 0.3) is 0 Å². The van der Waals surface area contributed by atoms with Crippen molar-refractivity contribution < 1.29 is 86.5 Å². The number of hydrogen-bond donors (Lipinski definition) is 3. The van der Waals surface area contributed by atoms with E-state index in [-0.39, 0.29) is 41.2 Å². The molecule has 410 valence electrons. The molecule has 3 saturated carbocycles. The van der Waals surface area contributed by atoms with E-state index in [1.165, 1.54) is 19.8 Å². The van der Waals surface area contributed by atoms with Gasteiger partial charge in [-0.3, -0.25) is 4.79 Å². The van der Waals surface area contributed by atoms with E-state index in [1.807, 2.05) is 34.6 Å². The highest BCUT2D eigenvalue weighted by molar-refractivity contribution is 5.88. The largest absolute Gasteiger partial charge is 0.458 e. The number of carbonyl (C=O) groups excluding carboxylic acids is 2. The van der Waals surface area contributed by atoms with Crippen LogP contribution < -0.4 is 0 Å². The third-order valence-corrected chi connectivity index (χ3v) is 18.9. The molecule has 0 aromatic carbocycles. The first-order valence-corrected chi connectivity index (χ1v) is 26.6. The molecule has 18 heteroatoms. The van der Waals surface area contributed by atoms with Crippen molar-refractivity contribution in [3.05, 3.63) is 23.3 Å². The highest BCUT2D eigenvalue weighted by atomic mass is 16.8. The Bertz CT molecular complexity index is 1950. The molecule has 16 unspecified atom stereocenters. The molecular formula is C54H86O18. The van der Waals surface area contributed by atoms with E-state index >= 15 is 0 Å². The number of ketones is 1. The van der Waals surface area contributed by atoms with Crippen molar-refractivity contribution in [1.29, 1.82) is 0 Å². The van der Waals surface area contributed by atoms with Crippen LogP contribution >= 0.6 is 0 Å². The van der Waals surface area contributed by atoms with E-state index in [2.05, 4.69) is 13.0 Å². The minimum absolute atomic E-state index is 0.0350. The van der Waals surface area contributed by atoms with Gasteiger partial charge in [0.2, 0.25) is 0 Å². The number of carbonyl (C=O) groups is 2. The van der Waals surface area contributed by atoms with Gasteiger partial charge in [-0.05, 0) is 111 Å². The van der Waals surface area contributed by atoms with Gasteiger partial charge in [0.15, 0.2) is 25.2 Å². The maximum absolute atomic E-state index is 13.4. The molecule has 25 atom stereocenters. The SMILES string of the molecule is CC=C(C)C(=O)OC1CC2C(CC=C3CC(O[C@H]4CC(OC)[C@H](O[C@H]5CC(OC)[C@H](O[C@@H]6OC(C)[C@@H](O[C@H]7CC(OC)[C@H](O)C(C)O7)C(OC)[C@@H]6O)C(C)O5)C(C)O4)CCC32C)C2(O)CCC(C(C)=O)C12C. The summed E-state index contributed by atoms with van der Waals surface area (Å²) in [5, 5.41) is 34.9. The van der Waals surface area contributed by atoms with Crippen LogP contribution in [0.1, 0.15) is 127 Å². The molecule has 4 aliphatic carbocycles. The summed E-state index contributed by atoms with van der Waals surface area (Å²) in [6.45, 7) is 16.8. The fourth-order valence-electron chi connectivity index (χ4n) is 14.5. The number of aliphatic hydroxyl groups is 3. The smallest absolute Gasteiger partial charge is 0.333 e. The third-order valence-electron chi connectivity index (χ3n) is 18.9. The standard InChI is InChI=1S/C54H86O18/c1-14-26(2)50(58)69-40-22-36-35(54(59)20-18-34(27(3)55)53(40,54)9)16-15-32-21-33(17-19-52(32,36)8)68-41-24-38(61-11)46(29(5)65-41)70-43-25-39(62-12)47(30(6)66-43)72-51-45(57)49(63-13)48(31(7)67-51)71-42-23-37(60-10)44(56)28(4)64-42/h14-15,28-31,33-49,51,56-57,59H,16-25H2,1-13H3/t28?,29?,30?,31?,33?,34?,35?,36?,37?,38?,39?,40?,41-,42-,43-,44+,45-,46+,47+,48+,49?,51-,52?,53?,54?/m0/s1. The van der Waals surface area contributed by atoms with Gasteiger partial charge in [0.05, 0.1) is 54.4 Å². The van der Waals surface area contributed by atoms with E-state index < -0.39 is 121 Å². The minimum atomic E-state index is -1.24. The molecule has 0 aromatic rings. The number of Topliss-reactive ketones (excluding diaryl/α,β-unsaturated/α-hetero) is 1. The first kappa shape index (κ1) is 56.2. The Hall–Kier alpha value is -1.98. The molecular weight excluding hydrogens is 937 g/mol. The van der Waals surface area contributed by atoms with Crippen molar-refractivity contribution >= 4 is 11.8 Å². The number of methoxy groups -OCH3 is 4. The molecule has 0 bridgehead atoms. The fraction of sp³-hybridized carbons (Fsp3) is 0.889. The average Bonchev–Trinajstić information content (AvgIpc) is 3.64. The quantitative estimate of drug-likeness (QED) is 0.109. The lowest BCUT2D eigenvalue weighted by molar-refractivity contribution is -0.365. The average molecular weight is 1020 g/mol. The van der Waals surface area contributed by atoms with Gasteiger partial charge in [0, 0.05) is 64.6 Å². The molecule has 0 amide bonds. The minimum Gasteiger partial charge on any atom is -0.458 e. The van der Waals surface area contributed by atoms with Gasteiger partial charge in [-0.2, -0.15) is 0 Å². The van der Waals surface area contributed by atoms with Gasteiger partial charge in [-0.25, -0.2) is 4.79 Å². The van der Waals surface area contributed by atoms with Crippen LogP contribution in [-0.2, 0) is 71.2 Å². The highest BCUT2D eigenvalue weighted by Crippen LogP contribution is 2.68. The van der Waals surface area contributed by atoms with Gasteiger partial charge < -0.3 is 76.9 Å². The maximum atomic E-state index is 13.4. The Kier molecular flexibility index (Phi) is 17.6. The van der Waals surface area contributed by atoms with Crippen molar-refractivity contribution in [2.75, 3.05) is 28.4 Å². The molecule has 8 rings (SSSR count). The first-order chi connectivity index (χ1) is 34.1. The zero-order chi connectivity index (χ0) is 52.2. The summed E-state index contributed by atoms with van der Waals surface area (Å²) in [5.41, 5.74) is -0.484. The van der Waals surface area contributed by atoms with E-state index in [0.29, 0.717) is 56.9 Å². The molecule has 0 spiro atoms. The topological polar surface area (TPSA) is 215 Å². The van der Waals surface area contributed by atoms with Crippen LogP contribution in [0.2, 0.25) is 0 Å². The second kappa shape index (κ2) is 22.5. The summed E-state index contributed by atoms with van der Waals surface area (Å²) < 4.78 is 81.1. The predicted octanol–water partition coefficient (Wildman–Crippen LogP) is 5.23. The number of fused-ring (bicyclic) bond motifs is 5. The molecule has 8 aliphatic rings. The molecule has 7 fully saturated rings. The highest BCUT2D eigenvalue weighted by Gasteiger charge is 2.71. The van der Waals surface area contributed by atoms with E-state index in [4.69, 9.17) is 61.6 Å². The van der Waals surface area contributed by atoms with Crippen LogP contribution in [0.4, 0.5) is 0 Å². The number of allylic oxidation sites excluding steroid dienone is 2. The van der Waals surface area contributed by atoms with Gasteiger partial charge in [0.1, 0.15) is 48.5 Å². The van der Waals surface area contributed by atoms with Gasteiger partial charge in [-0.15, -0.1) is 0 Å². The molecule has 3 N–H and O–H groups in total. The number of aliphatic hydroxyl groups excluding tert-OH is 2. The zero-order valence-corrected chi connectivity index (χ0v) is 44.9. The maximum Gasteiger partial charge on any atom is 0.333 e. The number of esters is 1. The van der Waals surface area contributed by atoms with Crippen LogP contribution in [0, 0.1) is 28.6 Å². The van der Waals surface area contributed by atoms with E-state index in [0.717, 1.165) is 12.8 Å². The molecule has 4 heterocycles.